The molecule has 1 N–H and O–H groups in total. The zero-order valence-electron chi connectivity index (χ0n) is 21.8. The second-order valence-corrected chi connectivity index (χ2v) is 12.6. The van der Waals surface area contributed by atoms with E-state index in [-0.39, 0.29) is 17.8 Å². The fourth-order valence-corrected chi connectivity index (χ4v) is 7.46. The number of rotatable bonds is 8. The van der Waals surface area contributed by atoms with Crippen LogP contribution in [0.15, 0.2) is 23.7 Å². The number of esters is 1. The van der Waals surface area contributed by atoms with Gasteiger partial charge < -0.3 is 9.64 Å². The maximum Gasteiger partial charge on any atom is 0.309 e. The SMILES string of the molecule is CCOC(=O)C1CCN(c2ncc(C(=O)Nc3nc(-c4cc(Cl)cs4)c(CN4CCCCC4)s3)cc2Cl)CC1. The first-order valence-corrected chi connectivity index (χ1v) is 15.7. The summed E-state index contributed by atoms with van der Waals surface area (Å²) in [7, 11) is 0. The number of hydrogen-bond acceptors (Lipinski definition) is 9. The number of nitrogens with one attached hydrogen (secondary N) is 1. The second-order valence-electron chi connectivity index (χ2n) is 9.75. The molecule has 0 radical (unpaired) electrons. The van der Waals surface area contributed by atoms with Gasteiger partial charge in [-0.2, -0.15) is 0 Å². The largest absolute Gasteiger partial charge is 0.466 e. The van der Waals surface area contributed by atoms with Crippen molar-refractivity contribution in [2.75, 3.05) is 43.0 Å². The molecule has 5 heterocycles. The molecule has 208 valence electrons. The molecule has 5 rings (SSSR count). The third-order valence-electron chi connectivity index (χ3n) is 7.03. The van der Waals surface area contributed by atoms with Crippen LogP contribution in [0.2, 0.25) is 10.0 Å². The number of ether oxygens (including phenoxy) is 1. The van der Waals surface area contributed by atoms with E-state index in [0.717, 1.165) is 35.1 Å². The molecule has 0 spiro atoms. The van der Waals surface area contributed by atoms with Gasteiger partial charge in [0.15, 0.2) is 5.13 Å². The lowest BCUT2D eigenvalue weighted by Gasteiger charge is -2.32. The van der Waals surface area contributed by atoms with Crippen LogP contribution in [0.4, 0.5) is 10.9 Å². The Kier molecular flexibility index (Phi) is 9.40. The zero-order chi connectivity index (χ0) is 27.4. The van der Waals surface area contributed by atoms with Crippen LogP contribution in [-0.4, -0.2) is 59.5 Å². The molecule has 3 aromatic rings. The molecule has 39 heavy (non-hydrogen) atoms. The van der Waals surface area contributed by atoms with Crippen LogP contribution >= 0.6 is 45.9 Å². The number of carbonyl (C=O) groups excluding carboxylic acids is 2. The minimum Gasteiger partial charge on any atom is -0.466 e. The van der Waals surface area contributed by atoms with Gasteiger partial charge in [-0.15, -0.1) is 11.3 Å². The van der Waals surface area contributed by atoms with Crippen molar-refractivity contribution in [2.24, 2.45) is 5.92 Å². The van der Waals surface area contributed by atoms with Crippen LogP contribution in [0.5, 0.6) is 0 Å². The van der Waals surface area contributed by atoms with Crippen molar-refractivity contribution in [3.63, 3.8) is 0 Å². The van der Waals surface area contributed by atoms with Crippen LogP contribution in [-0.2, 0) is 16.1 Å². The number of hydrogen-bond donors (Lipinski definition) is 1. The van der Waals surface area contributed by atoms with Crippen LogP contribution in [0.25, 0.3) is 10.6 Å². The van der Waals surface area contributed by atoms with Crippen LogP contribution in [0.1, 0.15) is 54.3 Å². The molecule has 8 nitrogen and oxygen atoms in total. The molecule has 2 aliphatic heterocycles. The maximum absolute atomic E-state index is 13.1. The first kappa shape index (κ1) is 28.3. The first-order chi connectivity index (χ1) is 18.9. The number of anilines is 2. The van der Waals surface area contributed by atoms with Gasteiger partial charge in [0, 0.05) is 36.1 Å². The number of halogens is 2. The Bertz CT molecular complexity index is 1320. The van der Waals surface area contributed by atoms with Crippen molar-refractivity contribution < 1.29 is 14.3 Å². The van der Waals surface area contributed by atoms with Gasteiger partial charge >= 0.3 is 5.97 Å². The molecule has 0 bridgehead atoms. The van der Waals surface area contributed by atoms with Gasteiger partial charge in [-0.3, -0.25) is 19.8 Å². The molecule has 0 unspecified atom stereocenters. The zero-order valence-corrected chi connectivity index (χ0v) is 24.9. The lowest BCUT2D eigenvalue weighted by atomic mass is 9.97. The number of aromatic nitrogens is 2. The fourth-order valence-electron chi connectivity index (χ4n) is 5.01. The highest BCUT2D eigenvalue weighted by molar-refractivity contribution is 7.17. The molecule has 3 aromatic heterocycles. The molecule has 2 saturated heterocycles. The highest BCUT2D eigenvalue weighted by atomic mass is 35.5. The van der Waals surface area contributed by atoms with Gasteiger partial charge in [-0.1, -0.05) is 41.0 Å². The Labute approximate surface area is 246 Å². The molecule has 12 heteroatoms. The molecular weight excluding hydrogens is 577 g/mol. The first-order valence-electron chi connectivity index (χ1n) is 13.3. The van der Waals surface area contributed by atoms with Crippen molar-refractivity contribution in [1.29, 1.82) is 0 Å². The summed E-state index contributed by atoms with van der Waals surface area (Å²) in [5.41, 5.74) is 1.23. The van der Waals surface area contributed by atoms with Gasteiger partial charge in [0.1, 0.15) is 5.82 Å². The lowest BCUT2D eigenvalue weighted by molar-refractivity contribution is -0.148. The molecule has 1 amide bonds. The Morgan fingerprint density at radius 1 is 1.13 bits per heavy atom. The standard InChI is InChI=1S/C27H31Cl2N5O3S2/c1-2-37-26(36)17-6-10-34(11-7-17)24-20(29)12-18(14-30-24)25(35)32-27-31-23(21-13-19(28)16-38-21)22(39-27)15-33-8-4-3-5-9-33/h12-14,16-17H,2-11,15H2,1H3,(H,31,32,35). The van der Waals surface area contributed by atoms with Crippen molar-refractivity contribution >= 4 is 68.7 Å². The van der Waals surface area contributed by atoms with Crippen LogP contribution in [0.3, 0.4) is 0 Å². The van der Waals surface area contributed by atoms with Gasteiger partial charge in [0.25, 0.3) is 5.91 Å². The average Bonchev–Trinajstić information content (AvgIpc) is 3.55. The van der Waals surface area contributed by atoms with E-state index in [4.69, 9.17) is 32.9 Å². The van der Waals surface area contributed by atoms with Gasteiger partial charge in [-0.05, 0) is 57.8 Å². The monoisotopic (exact) mass is 607 g/mol. The van der Waals surface area contributed by atoms with Crippen molar-refractivity contribution in [2.45, 2.75) is 45.6 Å². The molecule has 0 saturated carbocycles. The third-order valence-corrected chi connectivity index (χ3v) is 9.55. The molecule has 2 aliphatic rings. The summed E-state index contributed by atoms with van der Waals surface area (Å²) in [6.45, 7) is 6.44. The van der Waals surface area contributed by atoms with Crippen LogP contribution < -0.4 is 10.2 Å². The Balaban J connectivity index is 1.27. The number of carbonyl (C=O) groups is 2. The predicted octanol–water partition coefficient (Wildman–Crippen LogP) is 6.59. The Morgan fingerprint density at radius 3 is 2.56 bits per heavy atom. The Hall–Kier alpha value is -2.24. The molecule has 2 fully saturated rings. The number of nitrogens with zero attached hydrogens (tertiary/aromatic N) is 4. The van der Waals surface area contributed by atoms with E-state index in [1.807, 2.05) is 23.3 Å². The van der Waals surface area contributed by atoms with Crippen molar-refractivity contribution in [3.05, 3.63) is 44.2 Å². The minimum absolute atomic E-state index is 0.0989. The van der Waals surface area contributed by atoms with E-state index < -0.39 is 0 Å². The van der Waals surface area contributed by atoms with E-state index in [1.165, 1.54) is 36.8 Å². The topological polar surface area (TPSA) is 87.7 Å². The summed E-state index contributed by atoms with van der Waals surface area (Å²) in [6, 6.07) is 3.56. The third kappa shape index (κ3) is 6.92. The van der Waals surface area contributed by atoms with E-state index in [1.54, 1.807) is 17.4 Å². The number of likely N-dealkylation sites (tertiary alicyclic amines) is 1. The highest BCUT2D eigenvalue weighted by Gasteiger charge is 2.28. The second kappa shape index (κ2) is 13.0. The number of pyridine rings is 1. The van der Waals surface area contributed by atoms with Crippen LogP contribution in [0, 0.1) is 5.92 Å². The van der Waals surface area contributed by atoms with E-state index in [9.17, 15) is 9.59 Å². The Morgan fingerprint density at radius 2 is 1.90 bits per heavy atom. The summed E-state index contributed by atoms with van der Waals surface area (Å²) in [5, 5.41) is 6.46. The van der Waals surface area contributed by atoms with E-state index in [2.05, 4.69) is 15.2 Å². The van der Waals surface area contributed by atoms with Gasteiger partial charge in [-0.25, -0.2) is 9.97 Å². The smallest absolute Gasteiger partial charge is 0.309 e. The summed E-state index contributed by atoms with van der Waals surface area (Å²) in [6.07, 6.45) is 6.58. The molecule has 0 aromatic carbocycles. The number of thiazole rings is 1. The summed E-state index contributed by atoms with van der Waals surface area (Å²) in [4.78, 5) is 41.1. The van der Waals surface area contributed by atoms with Gasteiger partial charge in [0.05, 0.1) is 38.7 Å². The minimum atomic E-state index is -0.314. The van der Waals surface area contributed by atoms with E-state index >= 15 is 0 Å². The highest BCUT2D eigenvalue weighted by Crippen LogP contribution is 2.37. The van der Waals surface area contributed by atoms with Crippen molar-refractivity contribution in [1.82, 2.24) is 14.9 Å². The van der Waals surface area contributed by atoms with E-state index in [0.29, 0.717) is 59.1 Å². The molecule has 0 atom stereocenters. The average molecular weight is 609 g/mol. The molecular formula is C27H31Cl2N5O3S2. The normalized spacial score (nSPS) is 16.8. The summed E-state index contributed by atoms with van der Waals surface area (Å²) < 4.78 is 5.15. The quantitative estimate of drug-likeness (QED) is 0.289. The molecule has 0 aliphatic carbocycles. The number of thiophene rings is 1. The lowest BCUT2D eigenvalue weighted by Crippen LogP contribution is -2.37. The maximum atomic E-state index is 13.1. The number of amides is 1. The number of piperidine rings is 2. The summed E-state index contributed by atoms with van der Waals surface area (Å²) in [5.74, 6) is 0.0597. The predicted molar refractivity (Wildman–Crippen MR) is 158 cm³/mol. The fraction of sp³-hybridized carbons (Fsp3) is 0.481. The van der Waals surface area contributed by atoms with Gasteiger partial charge in [0.2, 0.25) is 0 Å². The van der Waals surface area contributed by atoms with Crippen molar-refractivity contribution in [3.8, 4) is 10.6 Å². The summed E-state index contributed by atoms with van der Waals surface area (Å²) >= 11 is 15.8.